The molecule has 0 saturated heterocycles. The summed E-state index contributed by atoms with van der Waals surface area (Å²) in [6.07, 6.45) is 1.44. The Balaban J connectivity index is 2.27. The zero-order valence-corrected chi connectivity index (χ0v) is 8.75. The molecule has 5 heteroatoms. The molecule has 16 heavy (non-hydrogen) atoms. The molecular weight excluding hydrogens is 206 g/mol. The van der Waals surface area contributed by atoms with Gasteiger partial charge in [0.2, 0.25) is 0 Å². The number of amides is 1. The van der Waals surface area contributed by atoms with Crippen LogP contribution in [0.15, 0.2) is 40.6 Å². The van der Waals surface area contributed by atoms with Crippen LogP contribution in [0, 0.1) is 5.92 Å². The molecule has 82 valence electrons. The summed E-state index contributed by atoms with van der Waals surface area (Å²) in [6, 6.07) is 9.49. The van der Waals surface area contributed by atoms with E-state index in [-0.39, 0.29) is 5.91 Å². The predicted molar refractivity (Wildman–Crippen MR) is 60.1 cm³/mol. The molecule has 0 bridgehead atoms. The fraction of sp³-hybridized carbons (Fsp3) is 0.182. The van der Waals surface area contributed by atoms with Gasteiger partial charge >= 0.3 is 0 Å². The largest absolute Gasteiger partial charge is 0.399 e. The average molecular weight is 217 g/mol. The Morgan fingerprint density at radius 3 is 2.88 bits per heavy atom. The van der Waals surface area contributed by atoms with Crippen molar-refractivity contribution in [2.75, 3.05) is 7.11 Å². The number of hydrazone groups is 1. The van der Waals surface area contributed by atoms with E-state index in [1.165, 1.54) is 13.3 Å². The molecule has 5 nitrogen and oxygen atoms in total. The van der Waals surface area contributed by atoms with Gasteiger partial charge in [0.1, 0.15) is 13.0 Å². The fourth-order valence-electron chi connectivity index (χ4n) is 1.49. The van der Waals surface area contributed by atoms with Gasteiger partial charge in [-0.05, 0) is 5.56 Å². The van der Waals surface area contributed by atoms with E-state index in [9.17, 15) is 4.79 Å². The highest BCUT2D eigenvalue weighted by Crippen LogP contribution is 2.13. The van der Waals surface area contributed by atoms with Crippen LogP contribution in [-0.2, 0) is 9.63 Å². The van der Waals surface area contributed by atoms with Crippen LogP contribution in [0.25, 0.3) is 0 Å². The van der Waals surface area contributed by atoms with Crippen LogP contribution in [0.4, 0.5) is 0 Å². The molecule has 1 N–H and O–H groups in total. The molecule has 2 rings (SSSR count). The van der Waals surface area contributed by atoms with E-state index < -0.39 is 5.92 Å². The van der Waals surface area contributed by atoms with Gasteiger partial charge in [0, 0.05) is 0 Å². The Morgan fingerprint density at radius 2 is 2.19 bits per heavy atom. The molecular formula is C11H11N3O2. The monoisotopic (exact) mass is 217 g/mol. The molecule has 0 aliphatic carbocycles. The van der Waals surface area contributed by atoms with Crippen LogP contribution in [-0.4, -0.2) is 24.9 Å². The first-order valence-corrected chi connectivity index (χ1v) is 4.82. The summed E-state index contributed by atoms with van der Waals surface area (Å²) in [5, 5.41) is 7.60. The van der Waals surface area contributed by atoms with Crippen molar-refractivity contribution in [3.8, 4) is 0 Å². The lowest BCUT2D eigenvalue weighted by atomic mass is 9.98. The molecule has 1 aromatic rings. The van der Waals surface area contributed by atoms with E-state index in [2.05, 4.69) is 20.5 Å². The number of hydrogen-bond donors (Lipinski definition) is 1. The highest BCUT2D eigenvalue weighted by Gasteiger charge is 2.29. The first kappa shape index (κ1) is 10.4. The second kappa shape index (κ2) is 4.57. The van der Waals surface area contributed by atoms with E-state index in [0.29, 0.717) is 5.71 Å². The van der Waals surface area contributed by atoms with E-state index in [0.717, 1.165) is 5.56 Å². The van der Waals surface area contributed by atoms with Gasteiger partial charge in [0.15, 0.2) is 0 Å². The molecule has 1 aromatic carbocycles. The van der Waals surface area contributed by atoms with Crippen molar-refractivity contribution in [3.05, 3.63) is 35.9 Å². The van der Waals surface area contributed by atoms with Crippen LogP contribution in [0.3, 0.4) is 0 Å². The summed E-state index contributed by atoms with van der Waals surface area (Å²) in [5.74, 6) is -0.679. The molecule has 0 spiro atoms. The lowest BCUT2D eigenvalue weighted by Gasteiger charge is -2.04. The second-order valence-electron chi connectivity index (χ2n) is 3.25. The topological polar surface area (TPSA) is 63.0 Å². The minimum Gasteiger partial charge on any atom is -0.399 e. The Labute approximate surface area is 92.8 Å². The molecule has 1 aliphatic heterocycles. The summed E-state index contributed by atoms with van der Waals surface area (Å²) in [6.45, 7) is 0. The van der Waals surface area contributed by atoms with E-state index in [1.807, 2.05) is 30.3 Å². The number of carbonyl (C=O) groups is 1. The van der Waals surface area contributed by atoms with Crippen molar-refractivity contribution in [2.45, 2.75) is 0 Å². The van der Waals surface area contributed by atoms with Crippen molar-refractivity contribution in [3.63, 3.8) is 0 Å². The zero-order valence-electron chi connectivity index (χ0n) is 8.75. The van der Waals surface area contributed by atoms with E-state index >= 15 is 0 Å². The fourth-order valence-corrected chi connectivity index (χ4v) is 1.49. The van der Waals surface area contributed by atoms with Crippen LogP contribution in [0.1, 0.15) is 5.56 Å². The Hall–Kier alpha value is -2.17. The van der Waals surface area contributed by atoms with Gasteiger partial charge in [-0.25, -0.2) is 5.43 Å². The summed E-state index contributed by atoms with van der Waals surface area (Å²) in [5.41, 5.74) is 3.98. The predicted octanol–water partition coefficient (Wildman–Crippen LogP) is 0.769. The summed E-state index contributed by atoms with van der Waals surface area (Å²) in [4.78, 5) is 16.1. The van der Waals surface area contributed by atoms with Gasteiger partial charge in [-0.1, -0.05) is 35.5 Å². The summed E-state index contributed by atoms with van der Waals surface area (Å²) < 4.78 is 0. The normalized spacial score (nSPS) is 19.7. The number of carbonyl (C=O) groups excluding carboxylic acids is 1. The van der Waals surface area contributed by atoms with Gasteiger partial charge in [-0.3, -0.25) is 4.79 Å². The first-order valence-electron chi connectivity index (χ1n) is 4.82. The maximum Gasteiger partial charge on any atom is 0.254 e. The third-order valence-corrected chi connectivity index (χ3v) is 2.25. The molecule has 1 amide bonds. The minimum absolute atomic E-state index is 0.195. The maximum absolute atomic E-state index is 11.5. The van der Waals surface area contributed by atoms with Crippen molar-refractivity contribution >= 4 is 17.8 Å². The smallest absolute Gasteiger partial charge is 0.254 e. The van der Waals surface area contributed by atoms with Gasteiger partial charge in [-0.2, -0.15) is 5.10 Å². The second-order valence-corrected chi connectivity index (χ2v) is 3.25. The highest BCUT2D eigenvalue weighted by atomic mass is 16.6. The van der Waals surface area contributed by atoms with Crippen LogP contribution >= 0.6 is 0 Å². The van der Waals surface area contributed by atoms with Crippen molar-refractivity contribution < 1.29 is 9.63 Å². The number of oxime groups is 1. The lowest BCUT2D eigenvalue weighted by molar-refractivity contribution is -0.120. The lowest BCUT2D eigenvalue weighted by Crippen LogP contribution is -2.24. The minimum atomic E-state index is -0.484. The van der Waals surface area contributed by atoms with E-state index in [4.69, 9.17) is 0 Å². The third-order valence-electron chi connectivity index (χ3n) is 2.25. The third kappa shape index (κ3) is 1.93. The average Bonchev–Trinajstić information content (AvgIpc) is 2.69. The quantitative estimate of drug-likeness (QED) is 0.600. The summed E-state index contributed by atoms with van der Waals surface area (Å²) >= 11 is 0. The molecule has 1 atom stereocenters. The molecule has 0 saturated carbocycles. The van der Waals surface area contributed by atoms with Gasteiger partial charge < -0.3 is 4.84 Å². The number of rotatable bonds is 3. The van der Waals surface area contributed by atoms with Crippen molar-refractivity contribution in [1.82, 2.24) is 5.43 Å². The number of nitrogens with one attached hydrogen (secondary N) is 1. The molecule has 0 radical (unpaired) electrons. The highest BCUT2D eigenvalue weighted by molar-refractivity contribution is 6.24. The standard InChI is InChI=1S/C11H11N3O2/c1-16-12-7-9-10(13-14-11(9)15)8-5-3-2-4-6-8/h2-7,9H,1H3,(H,14,15). The van der Waals surface area contributed by atoms with Crippen LogP contribution in [0.5, 0.6) is 0 Å². The van der Waals surface area contributed by atoms with Crippen LogP contribution in [0.2, 0.25) is 0 Å². The van der Waals surface area contributed by atoms with Gasteiger partial charge in [0.25, 0.3) is 5.91 Å². The Kier molecular flexibility index (Phi) is 2.95. The zero-order chi connectivity index (χ0) is 11.4. The first-order chi connectivity index (χ1) is 7.83. The van der Waals surface area contributed by atoms with Crippen molar-refractivity contribution in [1.29, 1.82) is 0 Å². The van der Waals surface area contributed by atoms with Crippen molar-refractivity contribution in [2.24, 2.45) is 16.2 Å². The number of hydrogen-bond acceptors (Lipinski definition) is 4. The summed E-state index contributed by atoms with van der Waals surface area (Å²) in [7, 11) is 1.43. The maximum atomic E-state index is 11.5. The van der Waals surface area contributed by atoms with Gasteiger partial charge in [0.05, 0.1) is 11.9 Å². The molecule has 0 aromatic heterocycles. The Morgan fingerprint density at radius 1 is 1.44 bits per heavy atom. The molecule has 1 unspecified atom stereocenters. The van der Waals surface area contributed by atoms with Gasteiger partial charge in [-0.15, -0.1) is 0 Å². The van der Waals surface area contributed by atoms with E-state index in [1.54, 1.807) is 0 Å². The molecule has 0 fully saturated rings. The Bertz CT molecular complexity index is 440. The SMILES string of the molecule is CON=CC1C(=O)NN=C1c1ccccc1. The number of benzene rings is 1. The molecule has 1 heterocycles. The molecule has 1 aliphatic rings. The van der Waals surface area contributed by atoms with Crippen LogP contribution < -0.4 is 5.43 Å². The number of nitrogens with zero attached hydrogens (tertiary/aromatic N) is 2.